The van der Waals surface area contributed by atoms with Gasteiger partial charge in [0.15, 0.2) is 5.82 Å². The van der Waals surface area contributed by atoms with E-state index in [4.69, 9.17) is 0 Å². The fourth-order valence-electron chi connectivity index (χ4n) is 2.87. The third kappa shape index (κ3) is 7.18. The van der Waals surface area contributed by atoms with Crippen LogP contribution in [0.1, 0.15) is 25.3 Å². The number of aromatic amines is 1. The van der Waals surface area contributed by atoms with Crippen molar-refractivity contribution in [1.82, 2.24) is 25.2 Å². The molecule has 1 amide bonds. The van der Waals surface area contributed by atoms with E-state index in [2.05, 4.69) is 25.2 Å². The lowest BCUT2D eigenvalue weighted by Gasteiger charge is -2.07. The SMILES string of the molecule is CCCNS(=O)(=O)c1ccc(CCC(=O)NCCSc2n[nH]c(-c3ccccc3)n2)cc1. The zero-order chi connectivity index (χ0) is 22.8. The van der Waals surface area contributed by atoms with Gasteiger partial charge in [0.25, 0.3) is 0 Å². The highest BCUT2D eigenvalue weighted by Gasteiger charge is 2.13. The van der Waals surface area contributed by atoms with Gasteiger partial charge in [0.05, 0.1) is 4.90 Å². The Kier molecular flexibility index (Phi) is 8.83. The van der Waals surface area contributed by atoms with Crippen molar-refractivity contribution in [2.24, 2.45) is 0 Å². The van der Waals surface area contributed by atoms with Crippen LogP contribution in [-0.2, 0) is 21.2 Å². The van der Waals surface area contributed by atoms with Crippen molar-refractivity contribution in [3.8, 4) is 11.4 Å². The van der Waals surface area contributed by atoms with Crippen LogP contribution in [0.3, 0.4) is 0 Å². The zero-order valence-electron chi connectivity index (χ0n) is 17.9. The Bertz CT molecular complexity index is 1100. The number of hydrogen-bond acceptors (Lipinski definition) is 6. The van der Waals surface area contributed by atoms with E-state index in [9.17, 15) is 13.2 Å². The summed E-state index contributed by atoms with van der Waals surface area (Å²) in [4.78, 5) is 16.8. The van der Waals surface area contributed by atoms with Crippen molar-refractivity contribution in [1.29, 1.82) is 0 Å². The molecule has 0 saturated heterocycles. The monoisotopic (exact) mass is 473 g/mol. The van der Waals surface area contributed by atoms with E-state index in [0.717, 1.165) is 23.4 Å². The number of nitrogens with zero attached hydrogens (tertiary/aromatic N) is 2. The van der Waals surface area contributed by atoms with Gasteiger partial charge in [0.1, 0.15) is 0 Å². The minimum absolute atomic E-state index is 0.0492. The van der Waals surface area contributed by atoms with Crippen molar-refractivity contribution in [2.45, 2.75) is 36.2 Å². The average Bonchev–Trinajstić information content (AvgIpc) is 3.29. The molecule has 8 nitrogen and oxygen atoms in total. The summed E-state index contributed by atoms with van der Waals surface area (Å²) in [6, 6.07) is 16.4. The molecule has 10 heteroatoms. The molecule has 3 aromatic rings. The summed E-state index contributed by atoms with van der Waals surface area (Å²) in [5.74, 6) is 1.33. The predicted molar refractivity (Wildman–Crippen MR) is 126 cm³/mol. The number of carbonyl (C=O) groups excluding carboxylic acids is 1. The van der Waals surface area contributed by atoms with E-state index in [1.807, 2.05) is 37.3 Å². The van der Waals surface area contributed by atoms with Gasteiger partial charge in [-0.05, 0) is 30.5 Å². The third-order valence-electron chi connectivity index (χ3n) is 4.58. The molecule has 0 aliphatic heterocycles. The lowest BCUT2D eigenvalue weighted by Crippen LogP contribution is -2.26. The summed E-state index contributed by atoms with van der Waals surface area (Å²) in [5.41, 5.74) is 1.89. The van der Waals surface area contributed by atoms with Crippen LogP contribution in [0.25, 0.3) is 11.4 Å². The number of benzene rings is 2. The number of hydrogen-bond donors (Lipinski definition) is 3. The standard InChI is InChI=1S/C22H27N5O3S2/c1-2-14-24-32(29,30)19-11-8-17(9-12-19)10-13-20(28)23-15-16-31-22-25-21(26-27-22)18-6-4-3-5-7-18/h3-9,11-12,24H,2,10,13-16H2,1H3,(H,23,28)(H,25,26,27). The van der Waals surface area contributed by atoms with Crippen LogP contribution in [0.2, 0.25) is 0 Å². The summed E-state index contributed by atoms with van der Waals surface area (Å²) in [7, 11) is -3.47. The molecule has 0 aliphatic rings. The molecule has 32 heavy (non-hydrogen) atoms. The molecule has 0 aliphatic carbocycles. The quantitative estimate of drug-likeness (QED) is 0.275. The number of aromatic nitrogens is 3. The highest BCUT2D eigenvalue weighted by atomic mass is 32.2. The number of rotatable bonds is 12. The lowest BCUT2D eigenvalue weighted by atomic mass is 10.1. The van der Waals surface area contributed by atoms with Gasteiger partial charge in [0, 0.05) is 30.8 Å². The Hall–Kier alpha value is -2.69. The van der Waals surface area contributed by atoms with Crippen LogP contribution in [0.15, 0.2) is 64.6 Å². The van der Waals surface area contributed by atoms with Gasteiger partial charge in [-0.25, -0.2) is 18.1 Å². The number of carbonyl (C=O) groups is 1. The Morgan fingerprint density at radius 1 is 1.06 bits per heavy atom. The Balaban J connectivity index is 1.36. The van der Waals surface area contributed by atoms with E-state index in [0.29, 0.717) is 36.8 Å². The van der Waals surface area contributed by atoms with E-state index in [1.54, 1.807) is 24.3 Å². The second-order valence-electron chi connectivity index (χ2n) is 7.07. The number of thioether (sulfide) groups is 1. The predicted octanol–water partition coefficient (Wildman–Crippen LogP) is 3.00. The van der Waals surface area contributed by atoms with Crippen molar-refractivity contribution < 1.29 is 13.2 Å². The lowest BCUT2D eigenvalue weighted by molar-refractivity contribution is -0.120. The first-order valence-electron chi connectivity index (χ1n) is 10.4. The number of nitrogens with one attached hydrogen (secondary N) is 3. The molecule has 0 saturated carbocycles. The maximum absolute atomic E-state index is 12.1. The van der Waals surface area contributed by atoms with Gasteiger partial charge in [-0.1, -0.05) is 61.2 Å². The van der Waals surface area contributed by atoms with E-state index >= 15 is 0 Å². The van der Waals surface area contributed by atoms with Gasteiger partial charge in [-0.15, -0.1) is 5.10 Å². The summed E-state index contributed by atoms with van der Waals surface area (Å²) < 4.78 is 26.7. The number of amides is 1. The first-order chi connectivity index (χ1) is 15.5. The molecule has 1 aromatic heterocycles. The maximum atomic E-state index is 12.1. The largest absolute Gasteiger partial charge is 0.355 e. The molecule has 0 unspecified atom stereocenters. The fraction of sp³-hybridized carbons (Fsp3) is 0.318. The molecule has 0 atom stereocenters. The molecule has 3 rings (SSSR count). The summed E-state index contributed by atoms with van der Waals surface area (Å²) in [5, 5.41) is 10.6. The molecular weight excluding hydrogens is 446 g/mol. The van der Waals surface area contributed by atoms with Crippen molar-refractivity contribution in [3.05, 3.63) is 60.2 Å². The number of sulfonamides is 1. The topological polar surface area (TPSA) is 117 Å². The normalized spacial score (nSPS) is 11.4. The van der Waals surface area contributed by atoms with E-state index in [1.165, 1.54) is 11.8 Å². The summed E-state index contributed by atoms with van der Waals surface area (Å²) in [6.07, 6.45) is 1.62. The van der Waals surface area contributed by atoms with Gasteiger partial charge < -0.3 is 5.32 Å². The summed E-state index contributed by atoms with van der Waals surface area (Å²) in [6.45, 7) is 2.83. The van der Waals surface area contributed by atoms with E-state index in [-0.39, 0.29) is 10.8 Å². The molecule has 0 radical (unpaired) electrons. The minimum atomic E-state index is -3.47. The van der Waals surface area contributed by atoms with E-state index < -0.39 is 10.0 Å². The summed E-state index contributed by atoms with van der Waals surface area (Å²) >= 11 is 1.47. The maximum Gasteiger partial charge on any atom is 0.240 e. The van der Waals surface area contributed by atoms with Crippen LogP contribution >= 0.6 is 11.8 Å². The number of H-pyrrole nitrogens is 1. The fourth-order valence-corrected chi connectivity index (χ4v) is 4.66. The molecule has 0 fully saturated rings. The van der Waals surface area contributed by atoms with Gasteiger partial charge in [0.2, 0.25) is 21.1 Å². The van der Waals surface area contributed by atoms with Crippen LogP contribution in [0.5, 0.6) is 0 Å². The van der Waals surface area contributed by atoms with Crippen LogP contribution in [-0.4, -0.2) is 48.3 Å². The molecule has 1 heterocycles. The molecule has 170 valence electrons. The van der Waals surface area contributed by atoms with Crippen LogP contribution in [0, 0.1) is 0 Å². The third-order valence-corrected chi connectivity index (χ3v) is 6.91. The minimum Gasteiger partial charge on any atom is -0.355 e. The van der Waals surface area contributed by atoms with Crippen LogP contribution in [0.4, 0.5) is 0 Å². The molecule has 3 N–H and O–H groups in total. The van der Waals surface area contributed by atoms with Crippen LogP contribution < -0.4 is 10.0 Å². The van der Waals surface area contributed by atoms with Gasteiger partial charge >= 0.3 is 0 Å². The highest BCUT2D eigenvalue weighted by molar-refractivity contribution is 7.99. The molecular formula is C22H27N5O3S2. The second-order valence-corrected chi connectivity index (χ2v) is 9.90. The second kappa shape index (κ2) is 11.8. The Morgan fingerprint density at radius 3 is 2.53 bits per heavy atom. The highest BCUT2D eigenvalue weighted by Crippen LogP contribution is 2.18. The molecule has 0 spiro atoms. The zero-order valence-corrected chi connectivity index (χ0v) is 19.5. The van der Waals surface area contributed by atoms with Gasteiger partial charge in [-0.2, -0.15) is 0 Å². The van der Waals surface area contributed by atoms with Crippen molar-refractivity contribution in [3.63, 3.8) is 0 Å². The first-order valence-corrected chi connectivity index (χ1v) is 12.9. The first kappa shape index (κ1) is 24.0. The average molecular weight is 474 g/mol. The van der Waals surface area contributed by atoms with Gasteiger partial charge in [-0.3, -0.25) is 9.89 Å². The molecule has 0 bridgehead atoms. The molecule has 2 aromatic carbocycles. The smallest absolute Gasteiger partial charge is 0.240 e. The Morgan fingerprint density at radius 2 is 1.81 bits per heavy atom. The number of aryl methyl sites for hydroxylation is 1. The van der Waals surface area contributed by atoms with Crippen molar-refractivity contribution in [2.75, 3.05) is 18.8 Å². The Labute approximate surface area is 192 Å². The van der Waals surface area contributed by atoms with Crippen molar-refractivity contribution >= 4 is 27.7 Å².